The van der Waals surface area contributed by atoms with Gasteiger partial charge in [0.25, 0.3) is 5.91 Å². The van der Waals surface area contributed by atoms with E-state index in [-0.39, 0.29) is 18.2 Å². The molecule has 0 aromatic rings. The van der Waals surface area contributed by atoms with Gasteiger partial charge in [0.1, 0.15) is 0 Å². The van der Waals surface area contributed by atoms with Gasteiger partial charge in [-0.05, 0) is 13.3 Å². The van der Waals surface area contributed by atoms with Gasteiger partial charge in [0.15, 0.2) is 0 Å². The van der Waals surface area contributed by atoms with E-state index in [4.69, 9.17) is 0 Å². The first-order valence-corrected chi connectivity index (χ1v) is 5.01. The van der Waals surface area contributed by atoms with Crippen LogP contribution in [-0.4, -0.2) is 23.3 Å². The maximum atomic E-state index is 11.0. The number of allylic oxidation sites excluding steroid dienone is 4. The minimum Gasteiger partial charge on any atom is -0.279 e. The molecule has 0 spiro atoms. The Morgan fingerprint density at radius 3 is 2.13 bits per heavy atom. The van der Waals surface area contributed by atoms with E-state index in [1.54, 1.807) is 6.92 Å². The first-order chi connectivity index (χ1) is 7.16. The van der Waals surface area contributed by atoms with Crippen LogP contribution in [0.15, 0.2) is 36.5 Å². The molecule has 3 heteroatoms. The number of likely N-dealkylation sites (tertiary alicyclic amines) is 1. The zero-order valence-corrected chi connectivity index (χ0v) is 8.90. The second-order valence-electron chi connectivity index (χ2n) is 3.32. The van der Waals surface area contributed by atoms with E-state index >= 15 is 0 Å². The molecule has 0 unspecified atom stereocenters. The molecule has 2 amide bonds. The molecule has 0 N–H and O–H groups in total. The van der Waals surface area contributed by atoms with Crippen molar-refractivity contribution in [3.8, 4) is 0 Å². The average Bonchev–Trinajstić information content (AvgIpc) is 2.81. The van der Waals surface area contributed by atoms with Crippen molar-refractivity contribution in [3.05, 3.63) is 36.5 Å². The third kappa shape index (κ3) is 2.91. The van der Waals surface area contributed by atoms with Crippen molar-refractivity contribution < 1.29 is 9.59 Å². The van der Waals surface area contributed by atoms with Crippen LogP contribution in [0.25, 0.3) is 0 Å². The molecule has 1 fully saturated rings. The summed E-state index contributed by atoms with van der Waals surface area (Å²) in [6.07, 6.45) is 9.70. The van der Waals surface area contributed by atoms with E-state index in [1.165, 1.54) is 4.90 Å². The number of carbonyl (C=O) groups excluding carboxylic acids is 2. The van der Waals surface area contributed by atoms with Crippen LogP contribution in [-0.2, 0) is 9.59 Å². The molecule has 2 rings (SSSR count). The van der Waals surface area contributed by atoms with Gasteiger partial charge in [0.05, 0.1) is 6.42 Å². The number of imide groups is 1. The highest BCUT2D eigenvalue weighted by Gasteiger charge is 2.30. The third-order valence-electron chi connectivity index (χ3n) is 2.18. The molecule has 0 bridgehead atoms. The van der Waals surface area contributed by atoms with Crippen LogP contribution in [0.1, 0.15) is 19.8 Å². The standard InChI is InChI=1S/C7H9NO2.C5H6/c1-3-8-6(9)4-5(2)7(8)10;1-2-4-5-3-1/h2-4H2,1H3;1-4H,5H2. The lowest BCUT2D eigenvalue weighted by atomic mass is 10.3. The Labute approximate surface area is 89.8 Å². The molecule has 0 aromatic heterocycles. The monoisotopic (exact) mass is 205 g/mol. The highest BCUT2D eigenvalue weighted by Crippen LogP contribution is 2.15. The molecule has 80 valence electrons. The van der Waals surface area contributed by atoms with Crippen molar-refractivity contribution in [3.63, 3.8) is 0 Å². The molecular formula is C12H15NO2. The number of hydrogen-bond donors (Lipinski definition) is 0. The van der Waals surface area contributed by atoms with Gasteiger partial charge in [-0.15, -0.1) is 0 Å². The molecule has 1 aliphatic carbocycles. The number of nitrogens with zero attached hydrogens (tertiary/aromatic N) is 1. The van der Waals surface area contributed by atoms with Gasteiger partial charge in [0.2, 0.25) is 5.91 Å². The van der Waals surface area contributed by atoms with E-state index in [1.807, 2.05) is 0 Å². The van der Waals surface area contributed by atoms with Crippen LogP contribution in [0.3, 0.4) is 0 Å². The van der Waals surface area contributed by atoms with E-state index < -0.39 is 0 Å². The normalized spacial score (nSPS) is 18.5. The maximum Gasteiger partial charge on any atom is 0.256 e. The Kier molecular flexibility index (Phi) is 4.03. The number of amides is 2. The lowest BCUT2D eigenvalue weighted by Gasteiger charge is -2.07. The fourth-order valence-corrected chi connectivity index (χ4v) is 1.37. The summed E-state index contributed by atoms with van der Waals surface area (Å²) in [5, 5.41) is 0. The van der Waals surface area contributed by atoms with Gasteiger partial charge in [0, 0.05) is 12.1 Å². The molecule has 0 aromatic carbocycles. The van der Waals surface area contributed by atoms with E-state index in [0.717, 1.165) is 6.42 Å². The summed E-state index contributed by atoms with van der Waals surface area (Å²) >= 11 is 0. The highest BCUT2D eigenvalue weighted by molar-refractivity contribution is 6.12. The number of hydrogen-bond acceptors (Lipinski definition) is 2. The van der Waals surface area contributed by atoms with E-state index in [9.17, 15) is 9.59 Å². The summed E-state index contributed by atoms with van der Waals surface area (Å²) in [5.41, 5.74) is 0.409. The fraction of sp³-hybridized carbons (Fsp3) is 0.333. The summed E-state index contributed by atoms with van der Waals surface area (Å²) in [6.45, 7) is 5.70. The van der Waals surface area contributed by atoms with Crippen LogP contribution >= 0.6 is 0 Å². The number of likely N-dealkylation sites (N-methyl/N-ethyl adjacent to an activating group) is 1. The van der Waals surface area contributed by atoms with E-state index in [0.29, 0.717) is 12.1 Å². The van der Waals surface area contributed by atoms with Gasteiger partial charge in [-0.25, -0.2) is 0 Å². The number of rotatable bonds is 1. The largest absolute Gasteiger partial charge is 0.279 e. The Balaban J connectivity index is 0.000000187. The van der Waals surface area contributed by atoms with Gasteiger partial charge in [-0.2, -0.15) is 0 Å². The molecule has 2 aliphatic rings. The maximum absolute atomic E-state index is 11.0. The Hall–Kier alpha value is -1.64. The molecule has 3 nitrogen and oxygen atoms in total. The van der Waals surface area contributed by atoms with Crippen molar-refractivity contribution >= 4 is 11.8 Å². The van der Waals surface area contributed by atoms with Crippen molar-refractivity contribution in [2.75, 3.05) is 6.54 Å². The summed E-state index contributed by atoms with van der Waals surface area (Å²) in [5.74, 6) is -0.343. The zero-order chi connectivity index (χ0) is 11.3. The van der Waals surface area contributed by atoms with Crippen LogP contribution in [0, 0.1) is 0 Å². The molecule has 1 aliphatic heterocycles. The van der Waals surface area contributed by atoms with Crippen molar-refractivity contribution in [2.45, 2.75) is 19.8 Å². The van der Waals surface area contributed by atoms with E-state index in [2.05, 4.69) is 30.9 Å². The summed E-state index contributed by atoms with van der Waals surface area (Å²) in [6, 6.07) is 0. The zero-order valence-electron chi connectivity index (χ0n) is 8.90. The molecule has 0 atom stereocenters. The molecule has 15 heavy (non-hydrogen) atoms. The molecule has 0 saturated carbocycles. The van der Waals surface area contributed by atoms with Crippen LogP contribution < -0.4 is 0 Å². The number of carbonyl (C=O) groups is 2. The summed E-state index contributed by atoms with van der Waals surface area (Å²) in [4.78, 5) is 23.0. The van der Waals surface area contributed by atoms with Gasteiger partial charge in [-0.3, -0.25) is 14.5 Å². The first-order valence-electron chi connectivity index (χ1n) is 5.01. The quantitative estimate of drug-likeness (QED) is 0.483. The minimum atomic E-state index is -0.215. The van der Waals surface area contributed by atoms with Crippen LogP contribution in [0.2, 0.25) is 0 Å². The van der Waals surface area contributed by atoms with Gasteiger partial charge < -0.3 is 0 Å². The van der Waals surface area contributed by atoms with Crippen LogP contribution in [0.5, 0.6) is 0 Å². The Morgan fingerprint density at radius 1 is 1.33 bits per heavy atom. The summed E-state index contributed by atoms with van der Waals surface area (Å²) in [7, 11) is 0. The smallest absolute Gasteiger partial charge is 0.256 e. The lowest BCUT2D eigenvalue weighted by Crippen LogP contribution is -2.28. The molecular weight excluding hydrogens is 190 g/mol. The lowest BCUT2D eigenvalue weighted by molar-refractivity contribution is -0.137. The summed E-state index contributed by atoms with van der Waals surface area (Å²) < 4.78 is 0. The minimum absolute atomic E-state index is 0.127. The van der Waals surface area contributed by atoms with Crippen molar-refractivity contribution in [2.24, 2.45) is 0 Å². The third-order valence-corrected chi connectivity index (χ3v) is 2.18. The predicted octanol–water partition coefficient (Wildman–Crippen LogP) is 1.82. The first kappa shape index (κ1) is 11.4. The average molecular weight is 205 g/mol. The highest BCUT2D eigenvalue weighted by atomic mass is 16.2. The Morgan fingerprint density at radius 2 is 1.93 bits per heavy atom. The van der Waals surface area contributed by atoms with Crippen molar-refractivity contribution in [1.82, 2.24) is 4.90 Å². The molecule has 1 heterocycles. The van der Waals surface area contributed by atoms with Gasteiger partial charge >= 0.3 is 0 Å². The van der Waals surface area contributed by atoms with Gasteiger partial charge in [-0.1, -0.05) is 30.9 Å². The predicted molar refractivity (Wildman–Crippen MR) is 59.0 cm³/mol. The SMILES string of the molecule is C1=CCC=C1.C=C1CC(=O)N(CC)C1=O. The second kappa shape index (κ2) is 5.29. The second-order valence-corrected chi connectivity index (χ2v) is 3.32. The van der Waals surface area contributed by atoms with Crippen LogP contribution in [0.4, 0.5) is 0 Å². The molecule has 1 saturated heterocycles. The van der Waals surface area contributed by atoms with Crippen molar-refractivity contribution in [1.29, 1.82) is 0 Å². The molecule has 0 radical (unpaired) electrons. The Bertz CT molecular complexity index is 330. The topological polar surface area (TPSA) is 37.4 Å². The fourth-order valence-electron chi connectivity index (χ4n) is 1.37.